The first-order valence-electron chi connectivity index (χ1n) is 8.97. The first kappa shape index (κ1) is 18.3. The van der Waals surface area contributed by atoms with Crippen molar-refractivity contribution in [2.24, 2.45) is 0 Å². The molecule has 5 nitrogen and oxygen atoms in total. The van der Waals surface area contributed by atoms with Gasteiger partial charge in [-0.1, -0.05) is 30.3 Å². The molecule has 3 rings (SSSR count). The standard InChI is InChI=1S/C21H25NO4/c1-3-25-18-9-8-15(12-20(18)24-2)14-22-21(23)13-19-17-7-5-4-6-16(17)10-11-26-19/h4-9,12,19H,3,10-11,13-14H2,1-2H3,(H,22,23). The Balaban J connectivity index is 1.58. The highest BCUT2D eigenvalue weighted by atomic mass is 16.5. The summed E-state index contributed by atoms with van der Waals surface area (Å²) in [5.74, 6) is 1.35. The van der Waals surface area contributed by atoms with E-state index >= 15 is 0 Å². The molecule has 0 saturated carbocycles. The van der Waals surface area contributed by atoms with Gasteiger partial charge in [0.05, 0.1) is 32.8 Å². The molecule has 0 aromatic heterocycles. The highest BCUT2D eigenvalue weighted by molar-refractivity contribution is 5.76. The van der Waals surface area contributed by atoms with Gasteiger partial charge in [0.1, 0.15) is 0 Å². The Labute approximate surface area is 154 Å². The van der Waals surface area contributed by atoms with Crippen LogP contribution >= 0.6 is 0 Å². The summed E-state index contributed by atoms with van der Waals surface area (Å²) in [6.45, 7) is 3.61. The largest absolute Gasteiger partial charge is 0.493 e. The highest BCUT2D eigenvalue weighted by Crippen LogP contribution is 2.30. The van der Waals surface area contributed by atoms with Gasteiger partial charge in [-0.05, 0) is 42.2 Å². The Bertz CT molecular complexity index is 759. The van der Waals surface area contributed by atoms with E-state index in [1.807, 2.05) is 43.3 Å². The van der Waals surface area contributed by atoms with Gasteiger partial charge >= 0.3 is 0 Å². The lowest BCUT2D eigenvalue weighted by Crippen LogP contribution is -2.27. The number of carbonyl (C=O) groups is 1. The van der Waals surface area contributed by atoms with Crippen molar-refractivity contribution >= 4 is 5.91 Å². The normalized spacial score (nSPS) is 15.8. The van der Waals surface area contributed by atoms with Gasteiger partial charge in [-0.3, -0.25) is 4.79 Å². The zero-order chi connectivity index (χ0) is 18.4. The molecule has 0 radical (unpaired) electrons. The second kappa shape index (κ2) is 8.72. The molecular formula is C21H25NO4. The van der Waals surface area contributed by atoms with Crippen LogP contribution < -0.4 is 14.8 Å². The summed E-state index contributed by atoms with van der Waals surface area (Å²) in [7, 11) is 1.61. The molecule has 2 aromatic rings. The summed E-state index contributed by atoms with van der Waals surface area (Å²) in [4.78, 5) is 12.4. The Hall–Kier alpha value is -2.53. The molecule has 0 fully saturated rings. The second-order valence-corrected chi connectivity index (χ2v) is 6.21. The third-order valence-electron chi connectivity index (χ3n) is 4.48. The number of carbonyl (C=O) groups excluding carboxylic acids is 1. The lowest BCUT2D eigenvalue weighted by atomic mass is 9.95. The number of methoxy groups -OCH3 is 1. The molecule has 0 aliphatic carbocycles. The number of ether oxygens (including phenoxy) is 3. The molecule has 26 heavy (non-hydrogen) atoms. The van der Waals surface area contributed by atoms with Crippen LogP contribution in [0.3, 0.4) is 0 Å². The molecule has 138 valence electrons. The second-order valence-electron chi connectivity index (χ2n) is 6.21. The maximum absolute atomic E-state index is 12.4. The van der Waals surface area contributed by atoms with E-state index in [2.05, 4.69) is 11.4 Å². The molecule has 1 atom stereocenters. The fraction of sp³-hybridized carbons (Fsp3) is 0.381. The molecule has 0 spiro atoms. The maximum atomic E-state index is 12.4. The van der Waals surface area contributed by atoms with Crippen molar-refractivity contribution in [3.05, 3.63) is 59.2 Å². The molecule has 1 heterocycles. The Morgan fingerprint density at radius 1 is 1.23 bits per heavy atom. The quantitative estimate of drug-likeness (QED) is 0.827. The number of rotatable bonds is 7. The predicted octanol–water partition coefficient (Wildman–Crippen LogP) is 3.41. The van der Waals surface area contributed by atoms with Crippen molar-refractivity contribution in [1.82, 2.24) is 5.32 Å². The lowest BCUT2D eigenvalue weighted by Gasteiger charge is -2.25. The molecule has 1 unspecified atom stereocenters. The monoisotopic (exact) mass is 355 g/mol. The summed E-state index contributed by atoms with van der Waals surface area (Å²) in [6, 6.07) is 13.9. The van der Waals surface area contributed by atoms with E-state index in [1.165, 1.54) is 5.56 Å². The molecule has 5 heteroatoms. The van der Waals surface area contributed by atoms with E-state index in [4.69, 9.17) is 14.2 Å². The van der Waals surface area contributed by atoms with Crippen molar-refractivity contribution in [3.8, 4) is 11.5 Å². The van der Waals surface area contributed by atoms with Crippen molar-refractivity contribution in [2.75, 3.05) is 20.3 Å². The molecule has 1 aliphatic heterocycles. The van der Waals surface area contributed by atoms with E-state index in [0.29, 0.717) is 37.7 Å². The number of hydrogen-bond donors (Lipinski definition) is 1. The Morgan fingerprint density at radius 3 is 2.88 bits per heavy atom. The van der Waals surface area contributed by atoms with E-state index < -0.39 is 0 Å². The zero-order valence-electron chi connectivity index (χ0n) is 15.3. The van der Waals surface area contributed by atoms with Crippen LogP contribution in [0.1, 0.15) is 36.1 Å². The van der Waals surface area contributed by atoms with Crippen molar-refractivity contribution in [1.29, 1.82) is 0 Å². The minimum absolute atomic E-state index is 0.0282. The number of amides is 1. The van der Waals surface area contributed by atoms with Crippen molar-refractivity contribution in [3.63, 3.8) is 0 Å². The molecule has 0 saturated heterocycles. The van der Waals surface area contributed by atoms with Crippen LogP contribution in [-0.2, 0) is 22.5 Å². The number of nitrogens with one attached hydrogen (secondary N) is 1. The van der Waals surface area contributed by atoms with Gasteiger partial charge in [0.2, 0.25) is 5.91 Å². The zero-order valence-corrected chi connectivity index (χ0v) is 15.3. The number of fused-ring (bicyclic) bond motifs is 1. The minimum atomic E-state index is -0.171. The smallest absolute Gasteiger partial charge is 0.223 e. The molecular weight excluding hydrogens is 330 g/mol. The van der Waals surface area contributed by atoms with Gasteiger partial charge in [-0.25, -0.2) is 0 Å². The number of hydrogen-bond acceptors (Lipinski definition) is 4. The van der Waals surface area contributed by atoms with E-state index in [0.717, 1.165) is 17.5 Å². The molecule has 1 aliphatic rings. The van der Waals surface area contributed by atoms with E-state index in [-0.39, 0.29) is 12.0 Å². The van der Waals surface area contributed by atoms with Gasteiger partial charge in [0.15, 0.2) is 11.5 Å². The molecule has 2 aromatic carbocycles. The van der Waals surface area contributed by atoms with Crippen LogP contribution in [0.25, 0.3) is 0 Å². The lowest BCUT2D eigenvalue weighted by molar-refractivity contribution is -0.124. The number of benzene rings is 2. The van der Waals surface area contributed by atoms with Crippen LogP contribution in [0.15, 0.2) is 42.5 Å². The van der Waals surface area contributed by atoms with Crippen molar-refractivity contribution < 1.29 is 19.0 Å². The summed E-state index contributed by atoms with van der Waals surface area (Å²) in [5, 5.41) is 2.96. The molecule has 1 N–H and O–H groups in total. The molecule has 0 bridgehead atoms. The Kier molecular flexibility index (Phi) is 6.12. The van der Waals surface area contributed by atoms with Gasteiger partial charge in [-0.2, -0.15) is 0 Å². The summed E-state index contributed by atoms with van der Waals surface area (Å²) < 4.78 is 16.7. The minimum Gasteiger partial charge on any atom is -0.493 e. The van der Waals surface area contributed by atoms with Crippen LogP contribution in [0, 0.1) is 0 Å². The van der Waals surface area contributed by atoms with Crippen LogP contribution in [0.4, 0.5) is 0 Å². The summed E-state index contributed by atoms with van der Waals surface area (Å²) in [5.41, 5.74) is 3.35. The highest BCUT2D eigenvalue weighted by Gasteiger charge is 2.22. The van der Waals surface area contributed by atoms with Crippen LogP contribution in [0.5, 0.6) is 11.5 Å². The SMILES string of the molecule is CCOc1ccc(CNC(=O)CC2OCCc3ccccc32)cc1OC. The average Bonchev–Trinajstić information content (AvgIpc) is 2.67. The first-order valence-corrected chi connectivity index (χ1v) is 8.97. The van der Waals surface area contributed by atoms with E-state index in [9.17, 15) is 4.79 Å². The fourth-order valence-corrected chi connectivity index (χ4v) is 3.18. The molecule has 1 amide bonds. The third-order valence-corrected chi connectivity index (χ3v) is 4.48. The first-order chi connectivity index (χ1) is 12.7. The average molecular weight is 355 g/mol. The third kappa shape index (κ3) is 4.35. The predicted molar refractivity (Wildman–Crippen MR) is 99.5 cm³/mol. The summed E-state index contributed by atoms with van der Waals surface area (Å²) in [6.07, 6.45) is 1.06. The van der Waals surface area contributed by atoms with Crippen molar-refractivity contribution in [2.45, 2.75) is 32.4 Å². The van der Waals surface area contributed by atoms with Gasteiger partial charge in [0, 0.05) is 6.54 Å². The fourth-order valence-electron chi connectivity index (χ4n) is 3.18. The van der Waals surface area contributed by atoms with Crippen LogP contribution in [0.2, 0.25) is 0 Å². The van der Waals surface area contributed by atoms with Gasteiger partial charge in [0.25, 0.3) is 0 Å². The van der Waals surface area contributed by atoms with E-state index in [1.54, 1.807) is 7.11 Å². The van der Waals surface area contributed by atoms with Crippen LogP contribution in [-0.4, -0.2) is 26.2 Å². The topological polar surface area (TPSA) is 56.8 Å². The summed E-state index contributed by atoms with van der Waals surface area (Å²) >= 11 is 0. The Morgan fingerprint density at radius 2 is 2.08 bits per heavy atom. The maximum Gasteiger partial charge on any atom is 0.223 e. The van der Waals surface area contributed by atoms with Gasteiger partial charge in [-0.15, -0.1) is 0 Å². The van der Waals surface area contributed by atoms with Gasteiger partial charge < -0.3 is 19.5 Å².